The SMILES string of the molecule is OCCCNc1cccc2nc3ccccc3cc12. The van der Waals surface area contributed by atoms with Crippen molar-refractivity contribution in [3.05, 3.63) is 48.5 Å². The van der Waals surface area contributed by atoms with E-state index >= 15 is 0 Å². The van der Waals surface area contributed by atoms with Crippen molar-refractivity contribution in [3.8, 4) is 0 Å². The first-order valence-electron chi connectivity index (χ1n) is 6.52. The standard InChI is InChI=1S/C16H16N2O/c19-10-4-9-17-15-7-3-8-16-13(15)11-12-5-1-2-6-14(12)18-16/h1-3,5-8,11,17,19H,4,9-10H2. The minimum absolute atomic E-state index is 0.207. The van der Waals surface area contributed by atoms with E-state index in [-0.39, 0.29) is 6.61 Å². The predicted octanol–water partition coefficient (Wildman–Crippen LogP) is 3.18. The van der Waals surface area contributed by atoms with Gasteiger partial charge >= 0.3 is 0 Å². The summed E-state index contributed by atoms with van der Waals surface area (Å²) in [5, 5.41) is 14.5. The predicted molar refractivity (Wildman–Crippen MR) is 79.4 cm³/mol. The number of nitrogens with zero attached hydrogens (tertiary/aromatic N) is 1. The zero-order chi connectivity index (χ0) is 13.1. The molecule has 0 aliphatic rings. The summed E-state index contributed by atoms with van der Waals surface area (Å²) in [4.78, 5) is 4.68. The summed E-state index contributed by atoms with van der Waals surface area (Å²) in [6, 6.07) is 16.4. The molecule has 96 valence electrons. The van der Waals surface area contributed by atoms with Gasteiger partial charge in [-0.2, -0.15) is 0 Å². The van der Waals surface area contributed by atoms with E-state index in [1.54, 1.807) is 0 Å². The maximum Gasteiger partial charge on any atom is 0.0730 e. The molecule has 0 spiro atoms. The molecule has 0 aliphatic carbocycles. The number of nitrogens with one attached hydrogen (secondary N) is 1. The molecule has 1 heterocycles. The molecule has 0 fully saturated rings. The summed E-state index contributed by atoms with van der Waals surface area (Å²) >= 11 is 0. The minimum atomic E-state index is 0.207. The maximum absolute atomic E-state index is 8.85. The van der Waals surface area contributed by atoms with Gasteiger partial charge in [0, 0.05) is 29.6 Å². The number of aliphatic hydroxyl groups is 1. The Bertz CT molecular complexity index is 709. The second-order valence-corrected chi connectivity index (χ2v) is 4.56. The summed E-state index contributed by atoms with van der Waals surface area (Å²) in [5.41, 5.74) is 3.08. The Labute approximate surface area is 111 Å². The average Bonchev–Trinajstić information content (AvgIpc) is 2.46. The highest BCUT2D eigenvalue weighted by Crippen LogP contribution is 2.25. The Morgan fingerprint density at radius 3 is 2.74 bits per heavy atom. The van der Waals surface area contributed by atoms with Crippen molar-refractivity contribution in [1.82, 2.24) is 4.98 Å². The number of anilines is 1. The molecule has 0 aliphatic heterocycles. The number of hydrogen-bond donors (Lipinski definition) is 2. The highest BCUT2D eigenvalue weighted by atomic mass is 16.3. The van der Waals surface area contributed by atoms with E-state index in [0.29, 0.717) is 0 Å². The fraction of sp³-hybridized carbons (Fsp3) is 0.188. The fourth-order valence-electron chi connectivity index (χ4n) is 2.26. The van der Waals surface area contributed by atoms with Crippen LogP contribution in [0.1, 0.15) is 6.42 Å². The van der Waals surface area contributed by atoms with Crippen molar-refractivity contribution >= 4 is 27.5 Å². The Balaban J connectivity index is 2.09. The van der Waals surface area contributed by atoms with Crippen molar-refractivity contribution in [3.63, 3.8) is 0 Å². The topological polar surface area (TPSA) is 45.1 Å². The number of pyridine rings is 1. The Morgan fingerprint density at radius 1 is 1.00 bits per heavy atom. The quantitative estimate of drug-likeness (QED) is 0.553. The first-order valence-corrected chi connectivity index (χ1v) is 6.52. The molecule has 0 bridgehead atoms. The van der Waals surface area contributed by atoms with Crippen LogP contribution in [0.2, 0.25) is 0 Å². The molecular weight excluding hydrogens is 236 g/mol. The number of para-hydroxylation sites is 1. The second kappa shape index (κ2) is 5.24. The summed E-state index contributed by atoms with van der Waals surface area (Å²) in [6.45, 7) is 0.974. The largest absolute Gasteiger partial charge is 0.396 e. The smallest absolute Gasteiger partial charge is 0.0730 e. The Hall–Kier alpha value is -2.13. The van der Waals surface area contributed by atoms with Gasteiger partial charge in [-0.1, -0.05) is 24.3 Å². The zero-order valence-electron chi connectivity index (χ0n) is 10.6. The molecule has 0 amide bonds. The van der Waals surface area contributed by atoms with E-state index in [0.717, 1.165) is 40.5 Å². The van der Waals surface area contributed by atoms with Crippen LogP contribution in [0, 0.1) is 0 Å². The minimum Gasteiger partial charge on any atom is -0.396 e. The van der Waals surface area contributed by atoms with Gasteiger partial charge in [-0.05, 0) is 30.7 Å². The van der Waals surface area contributed by atoms with E-state index < -0.39 is 0 Å². The average molecular weight is 252 g/mol. The third-order valence-electron chi connectivity index (χ3n) is 3.21. The zero-order valence-corrected chi connectivity index (χ0v) is 10.6. The van der Waals surface area contributed by atoms with E-state index in [9.17, 15) is 0 Å². The highest BCUT2D eigenvalue weighted by molar-refractivity contribution is 5.99. The van der Waals surface area contributed by atoms with Crippen LogP contribution in [0.5, 0.6) is 0 Å². The fourth-order valence-corrected chi connectivity index (χ4v) is 2.26. The van der Waals surface area contributed by atoms with Crippen molar-refractivity contribution in [2.75, 3.05) is 18.5 Å². The molecule has 0 saturated heterocycles. The summed E-state index contributed by atoms with van der Waals surface area (Å²) in [6.07, 6.45) is 0.747. The number of hydrogen-bond acceptors (Lipinski definition) is 3. The van der Waals surface area contributed by atoms with Gasteiger partial charge in [0.05, 0.1) is 11.0 Å². The molecule has 3 nitrogen and oxygen atoms in total. The van der Waals surface area contributed by atoms with Gasteiger partial charge in [-0.15, -0.1) is 0 Å². The number of benzene rings is 2. The van der Waals surface area contributed by atoms with Crippen LogP contribution < -0.4 is 5.32 Å². The second-order valence-electron chi connectivity index (χ2n) is 4.56. The van der Waals surface area contributed by atoms with Crippen LogP contribution in [0.4, 0.5) is 5.69 Å². The lowest BCUT2D eigenvalue weighted by Gasteiger charge is -2.09. The maximum atomic E-state index is 8.85. The van der Waals surface area contributed by atoms with Gasteiger partial charge in [0.15, 0.2) is 0 Å². The third kappa shape index (κ3) is 2.37. The van der Waals surface area contributed by atoms with Gasteiger partial charge in [0.1, 0.15) is 0 Å². The summed E-state index contributed by atoms with van der Waals surface area (Å²) in [5.74, 6) is 0. The number of aliphatic hydroxyl groups excluding tert-OH is 1. The monoisotopic (exact) mass is 252 g/mol. The molecule has 2 aromatic carbocycles. The molecule has 2 N–H and O–H groups in total. The molecule has 1 aromatic heterocycles. The molecule has 3 aromatic rings. The van der Waals surface area contributed by atoms with Gasteiger partial charge in [0.25, 0.3) is 0 Å². The van der Waals surface area contributed by atoms with Crippen LogP contribution in [0.25, 0.3) is 21.8 Å². The van der Waals surface area contributed by atoms with Crippen LogP contribution >= 0.6 is 0 Å². The van der Waals surface area contributed by atoms with Crippen molar-refractivity contribution < 1.29 is 5.11 Å². The first-order chi connectivity index (χ1) is 9.38. The number of fused-ring (bicyclic) bond motifs is 2. The van der Waals surface area contributed by atoms with Crippen molar-refractivity contribution in [2.24, 2.45) is 0 Å². The molecule has 0 atom stereocenters. The Morgan fingerprint density at radius 2 is 1.84 bits per heavy atom. The van der Waals surface area contributed by atoms with E-state index in [4.69, 9.17) is 5.11 Å². The molecule has 0 radical (unpaired) electrons. The van der Waals surface area contributed by atoms with E-state index in [1.165, 1.54) is 0 Å². The molecule has 19 heavy (non-hydrogen) atoms. The van der Waals surface area contributed by atoms with E-state index in [1.807, 2.05) is 30.3 Å². The molecule has 3 heteroatoms. The molecule has 0 unspecified atom stereocenters. The van der Waals surface area contributed by atoms with Gasteiger partial charge in [-0.25, -0.2) is 4.98 Å². The van der Waals surface area contributed by atoms with Gasteiger partial charge in [-0.3, -0.25) is 0 Å². The van der Waals surface area contributed by atoms with Crippen LogP contribution in [0.3, 0.4) is 0 Å². The van der Waals surface area contributed by atoms with E-state index in [2.05, 4.69) is 28.5 Å². The molecule has 0 saturated carbocycles. The summed E-state index contributed by atoms with van der Waals surface area (Å²) < 4.78 is 0. The third-order valence-corrected chi connectivity index (χ3v) is 3.21. The molecule has 3 rings (SSSR count). The Kier molecular flexibility index (Phi) is 3.29. The highest BCUT2D eigenvalue weighted by Gasteiger charge is 2.03. The van der Waals surface area contributed by atoms with Crippen molar-refractivity contribution in [2.45, 2.75) is 6.42 Å². The van der Waals surface area contributed by atoms with Crippen LogP contribution in [-0.4, -0.2) is 23.2 Å². The van der Waals surface area contributed by atoms with Crippen molar-refractivity contribution in [1.29, 1.82) is 0 Å². The summed E-state index contributed by atoms with van der Waals surface area (Å²) in [7, 11) is 0. The normalized spacial score (nSPS) is 11.0. The lowest BCUT2D eigenvalue weighted by atomic mass is 10.1. The lowest BCUT2D eigenvalue weighted by molar-refractivity contribution is 0.292. The van der Waals surface area contributed by atoms with Gasteiger partial charge < -0.3 is 10.4 Å². The van der Waals surface area contributed by atoms with Crippen LogP contribution in [-0.2, 0) is 0 Å². The molecular formula is C16H16N2O. The first kappa shape index (κ1) is 11.9. The number of rotatable bonds is 4. The van der Waals surface area contributed by atoms with Crippen LogP contribution in [0.15, 0.2) is 48.5 Å². The number of aromatic nitrogens is 1. The van der Waals surface area contributed by atoms with Gasteiger partial charge in [0.2, 0.25) is 0 Å². The lowest BCUT2D eigenvalue weighted by Crippen LogP contribution is -2.03.